The summed E-state index contributed by atoms with van der Waals surface area (Å²) in [5, 5.41) is 8.69. The Morgan fingerprint density at radius 2 is 1.96 bits per heavy atom. The largest absolute Gasteiger partial charge is 0.411 e. The Morgan fingerprint density at radius 3 is 2.77 bits per heavy atom. The molecule has 3 heterocycles. The van der Waals surface area contributed by atoms with Crippen molar-refractivity contribution in [3.63, 3.8) is 0 Å². The van der Waals surface area contributed by atoms with Gasteiger partial charge in [0.1, 0.15) is 11.5 Å². The summed E-state index contributed by atoms with van der Waals surface area (Å²) in [5.41, 5.74) is 1.51. The standard InChI is InChI=1S/C17H10ClFN4O2S/c18-11-3-6-14-20-13(7-15(24)23(14)8-11)9-26-17-22-21-16(25-17)10-1-4-12(19)5-2-10/h1-8H,9H2. The fraction of sp³-hybridized carbons (Fsp3) is 0.0588. The second kappa shape index (κ2) is 6.89. The molecule has 0 N–H and O–H groups in total. The van der Waals surface area contributed by atoms with Crippen molar-refractivity contribution in [3.05, 3.63) is 75.5 Å². The van der Waals surface area contributed by atoms with E-state index in [2.05, 4.69) is 15.2 Å². The first-order chi connectivity index (χ1) is 12.6. The first-order valence-corrected chi connectivity index (χ1v) is 8.85. The molecule has 0 radical (unpaired) electrons. The van der Waals surface area contributed by atoms with Gasteiger partial charge in [0.2, 0.25) is 5.89 Å². The Morgan fingerprint density at radius 1 is 1.15 bits per heavy atom. The lowest BCUT2D eigenvalue weighted by atomic mass is 10.2. The van der Waals surface area contributed by atoms with Crippen LogP contribution in [0.3, 0.4) is 0 Å². The lowest BCUT2D eigenvalue weighted by molar-refractivity contribution is 0.465. The highest BCUT2D eigenvalue weighted by Gasteiger charge is 2.11. The van der Waals surface area contributed by atoms with Crippen molar-refractivity contribution < 1.29 is 8.81 Å². The maximum Gasteiger partial charge on any atom is 0.277 e. The number of pyridine rings is 1. The number of hydrogen-bond acceptors (Lipinski definition) is 6. The minimum Gasteiger partial charge on any atom is -0.411 e. The number of aromatic nitrogens is 4. The van der Waals surface area contributed by atoms with Crippen molar-refractivity contribution in [2.75, 3.05) is 0 Å². The third-order valence-corrected chi connectivity index (χ3v) is 4.59. The molecule has 6 nitrogen and oxygen atoms in total. The molecule has 1 aromatic carbocycles. The quantitative estimate of drug-likeness (QED) is 0.495. The molecule has 0 saturated heterocycles. The molecule has 0 fully saturated rings. The summed E-state index contributed by atoms with van der Waals surface area (Å²) in [7, 11) is 0. The van der Waals surface area contributed by atoms with Crippen LogP contribution < -0.4 is 5.56 Å². The molecular weight excluding hydrogens is 379 g/mol. The topological polar surface area (TPSA) is 73.3 Å². The summed E-state index contributed by atoms with van der Waals surface area (Å²) >= 11 is 7.15. The first kappa shape index (κ1) is 16.7. The van der Waals surface area contributed by atoms with Crippen LogP contribution >= 0.6 is 23.4 Å². The molecule has 4 rings (SSSR count). The zero-order chi connectivity index (χ0) is 18.1. The zero-order valence-corrected chi connectivity index (χ0v) is 14.7. The third kappa shape index (κ3) is 3.47. The van der Waals surface area contributed by atoms with E-state index < -0.39 is 0 Å². The van der Waals surface area contributed by atoms with Crippen LogP contribution in [0.25, 0.3) is 17.1 Å². The molecule has 0 amide bonds. The number of fused-ring (bicyclic) bond motifs is 1. The lowest BCUT2D eigenvalue weighted by Crippen LogP contribution is -2.15. The Kier molecular flexibility index (Phi) is 4.44. The van der Waals surface area contributed by atoms with Crippen LogP contribution in [-0.4, -0.2) is 19.6 Å². The van der Waals surface area contributed by atoms with Gasteiger partial charge in [0.05, 0.1) is 10.7 Å². The minimum absolute atomic E-state index is 0.217. The SMILES string of the molecule is O=c1cc(CSc2nnc(-c3ccc(F)cc3)o2)nc2ccc(Cl)cn12. The number of nitrogens with zero attached hydrogens (tertiary/aromatic N) is 4. The van der Waals surface area contributed by atoms with E-state index in [1.807, 2.05) is 0 Å². The van der Waals surface area contributed by atoms with E-state index in [1.54, 1.807) is 24.3 Å². The van der Waals surface area contributed by atoms with E-state index in [0.29, 0.717) is 38.8 Å². The van der Waals surface area contributed by atoms with Crippen molar-refractivity contribution in [1.82, 2.24) is 19.6 Å². The molecule has 0 atom stereocenters. The molecule has 26 heavy (non-hydrogen) atoms. The number of thioether (sulfide) groups is 1. The van der Waals surface area contributed by atoms with Crippen LogP contribution in [0.5, 0.6) is 0 Å². The van der Waals surface area contributed by atoms with Crippen molar-refractivity contribution in [2.45, 2.75) is 11.0 Å². The maximum absolute atomic E-state index is 13.0. The van der Waals surface area contributed by atoms with Gasteiger partial charge in [-0.1, -0.05) is 23.4 Å². The van der Waals surface area contributed by atoms with E-state index in [1.165, 1.54) is 40.6 Å². The molecule has 0 bridgehead atoms. The van der Waals surface area contributed by atoms with E-state index in [-0.39, 0.29) is 11.4 Å². The minimum atomic E-state index is -0.335. The number of benzene rings is 1. The number of hydrogen-bond donors (Lipinski definition) is 0. The summed E-state index contributed by atoms with van der Waals surface area (Å²) in [6.07, 6.45) is 1.52. The second-order valence-electron chi connectivity index (χ2n) is 5.33. The molecule has 0 aliphatic rings. The fourth-order valence-corrected chi connectivity index (χ4v) is 3.13. The van der Waals surface area contributed by atoms with E-state index >= 15 is 0 Å². The van der Waals surface area contributed by atoms with Crippen LogP contribution in [0, 0.1) is 5.82 Å². The van der Waals surface area contributed by atoms with E-state index in [9.17, 15) is 9.18 Å². The van der Waals surface area contributed by atoms with Crippen LogP contribution in [-0.2, 0) is 5.75 Å². The Labute approximate surface area is 155 Å². The Bertz CT molecular complexity index is 1140. The van der Waals surface area contributed by atoms with Gasteiger partial charge in [0.15, 0.2) is 0 Å². The first-order valence-electron chi connectivity index (χ1n) is 7.48. The molecular formula is C17H10ClFN4O2S. The van der Waals surface area contributed by atoms with Crippen molar-refractivity contribution in [3.8, 4) is 11.5 Å². The predicted molar refractivity (Wildman–Crippen MR) is 95.7 cm³/mol. The molecule has 0 saturated carbocycles. The van der Waals surface area contributed by atoms with Crippen LogP contribution in [0.15, 0.2) is 63.1 Å². The van der Waals surface area contributed by atoms with Gasteiger partial charge in [-0.25, -0.2) is 9.37 Å². The van der Waals surface area contributed by atoms with E-state index in [0.717, 1.165) is 0 Å². The van der Waals surface area contributed by atoms with Gasteiger partial charge in [-0.2, -0.15) is 0 Å². The average molecular weight is 389 g/mol. The molecule has 0 aliphatic carbocycles. The normalized spacial score (nSPS) is 11.2. The molecule has 0 spiro atoms. The molecule has 0 aliphatic heterocycles. The van der Waals surface area contributed by atoms with Gasteiger partial charge in [-0.05, 0) is 36.4 Å². The summed E-state index contributed by atoms with van der Waals surface area (Å²) < 4.78 is 19.9. The molecule has 4 aromatic rings. The lowest BCUT2D eigenvalue weighted by Gasteiger charge is -2.03. The van der Waals surface area contributed by atoms with Crippen LogP contribution in [0.2, 0.25) is 5.02 Å². The second-order valence-corrected chi connectivity index (χ2v) is 6.69. The molecule has 9 heteroatoms. The summed E-state index contributed by atoms with van der Waals surface area (Å²) in [6.45, 7) is 0. The maximum atomic E-state index is 13.0. The van der Waals surface area contributed by atoms with Gasteiger partial charge >= 0.3 is 0 Å². The van der Waals surface area contributed by atoms with Gasteiger partial charge in [0.25, 0.3) is 10.8 Å². The zero-order valence-electron chi connectivity index (χ0n) is 13.1. The highest BCUT2D eigenvalue weighted by Crippen LogP contribution is 2.25. The molecule has 3 aromatic heterocycles. The predicted octanol–water partition coefficient (Wildman–Crippen LogP) is 3.83. The van der Waals surface area contributed by atoms with Crippen molar-refractivity contribution >= 4 is 29.0 Å². The van der Waals surface area contributed by atoms with Crippen LogP contribution in [0.1, 0.15) is 5.69 Å². The summed E-state index contributed by atoms with van der Waals surface area (Å²) in [6, 6.07) is 10.6. The average Bonchev–Trinajstić information content (AvgIpc) is 3.10. The van der Waals surface area contributed by atoms with Gasteiger partial charge in [-0.15, -0.1) is 10.2 Å². The number of rotatable bonds is 4. The monoisotopic (exact) mass is 388 g/mol. The van der Waals surface area contributed by atoms with Crippen molar-refractivity contribution in [1.29, 1.82) is 0 Å². The van der Waals surface area contributed by atoms with E-state index in [4.69, 9.17) is 16.0 Å². The van der Waals surface area contributed by atoms with Crippen molar-refractivity contribution in [2.24, 2.45) is 0 Å². The van der Waals surface area contributed by atoms with Crippen LogP contribution in [0.4, 0.5) is 4.39 Å². The fourth-order valence-electron chi connectivity index (χ4n) is 2.31. The third-order valence-electron chi connectivity index (χ3n) is 3.52. The number of halogens is 2. The summed E-state index contributed by atoms with van der Waals surface area (Å²) in [4.78, 5) is 16.6. The highest BCUT2D eigenvalue weighted by atomic mass is 35.5. The highest BCUT2D eigenvalue weighted by molar-refractivity contribution is 7.98. The Balaban J connectivity index is 1.52. The summed E-state index contributed by atoms with van der Waals surface area (Å²) in [5.74, 6) is 0.353. The molecule has 130 valence electrons. The molecule has 0 unspecified atom stereocenters. The Hall–Kier alpha value is -2.71. The van der Waals surface area contributed by atoms with Gasteiger partial charge in [0, 0.05) is 23.6 Å². The van der Waals surface area contributed by atoms with Gasteiger partial charge < -0.3 is 4.42 Å². The smallest absolute Gasteiger partial charge is 0.277 e. The van der Waals surface area contributed by atoms with Gasteiger partial charge in [-0.3, -0.25) is 9.20 Å².